The Balaban J connectivity index is 1.59. The average molecular weight is 796 g/mol. The molecule has 4 rings (SSSR count). The van der Waals surface area contributed by atoms with Gasteiger partial charge in [0.25, 0.3) is 5.96 Å². The van der Waals surface area contributed by atoms with E-state index in [0.717, 1.165) is 39.1 Å². The van der Waals surface area contributed by atoms with Gasteiger partial charge in [-0.25, -0.2) is 15.1 Å². The Hall–Kier alpha value is -5.56. The average Bonchev–Trinajstić information content (AvgIpc) is 3.19. The summed E-state index contributed by atoms with van der Waals surface area (Å²) in [5, 5.41) is 34.5. The van der Waals surface area contributed by atoms with Crippen molar-refractivity contribution in [3.63, 3.8) is 0 Å². The summed E-state index contributed by atoms with van der Waals surface area (Å²) in [6.07, 6.45) is 2.88. The number of carbonyl (C=O) groups is 3. The third kappa shape index (κ3) is 14.4. The Morgan fingerprint density at radius 1 is 0.810 bits per heavy atom. The number of nitro groups is 1. The largest absolute Gasteiger partial charge is 0.390 e. The van der Waals surface area contributed by atoms with E-state index in [1.807, 2.05) is 81.7 Å². The zero-order chi connectivity index (χ0) is 42.0. The van der Waals surface area contributed by atoms with Crippen LogP contribution in [0.1, 0.15) is 83.8 Å². The number of nitrogens with two attached hydrogens (primary N) is 1. The second kappa shape index (κ2) is 23.0. The van der Waals surface area contributed by atoms with Crippen LogP contribution in [0.5, 0.6) is 0 Å². The van der Waals surface area contributed by atoms with Crippen molar-refractivity contribution < 1.29 is 24.5 Å². The van der Waals surface area contributed by atoms with Crippen LogP contribution >= 0.6 is 0 Å². The summed E-state index contributed by atoms with van der Waals surface area (Å²) in [6, 6.07) is 26.7. The predicted octanol–water partition coefficient (Wildman–Crippen LogP) is 5.98. The van der Waals surface area contributed by atoms with Crippen LogP contribution in [0.25, 0.3) is 21.5 Å². The summed E-state index contributed by atoms with van der Waals surface area (Å²) < 4.78 is 0. The summed E-state index contributed by atoms with van der Waals surface area (Å²) in [4.78, 5) is 56.3. The number of unbranched alkanes of at least 4 members (excludes halogenated alkanes) is 2. The van der Waals surface area contributed by atoms with E-state index in [1.54, 1.807) is 0 Å². The minimum atomic E-state index is -1.14. The highest BCUT2D eigenvalue weighted by molar-refractivity contribution is 5.91. The molecule has 0 saturated carbocycles. The van der Waals surface area contributed by atoms with Gasteiger partial charge in [-0.1, -0.05) is 137 Å². The number of benzene rings is 4. The van der Waals surface area contributed by atoms with Crippen molar-refractivity contribution in [2.45, 2.75) is 104 Å². The molecule has 0 aliphatic heterocycles. The lowest BCUT2D eigenvalue weighted by molar-refractivity contribution is -0.525. The SMILES string of the molecule is CCC(C)CNC(=O)C[C@H](O)C(CC(C)C)NC(=O)C(CCCCCN=C(N)N[N+](=O)[O-])NC(=O)C(Cc1cccc2ccccc12)Cc1cccc2ccccc12. The Bertz CT molecular complexity index is 1910. The number of rotatable bonds is 23. The Labute approximate surface area is 341 Å². The molecule has 13 heteroatoms. The van der Waals surface area contributed by atoms with Crippen LogP contribution in [0.4, 0.5) is 0 Å². The fraction of sp³-hybridized carbons (Fsp3) is 0.467. The van der Waals surface area contributed by atoms with E-state index in [0.29, 0.717) is 57.4 Å². The molecule has 58 heavy (non-hydrogen) atoms. The summed E-state index contributed by atoms with van der Waals surface area (Å²) in [5.41, 5.74) is 9.43. The molecule has 7 N–H and O–H groups in total. The van der Waals surface area contributed by atoms with Gasteiger partial charge in [0.2, 0.25) is 17.7 Å². The molecule has 0 saturated heterocycles. The molecule has 4 aromatic rings. The molecule has 0 aliphatic rings. The third-order valence-corrected chi connectivity index (χ3v) is 10.6. The molecule has 0 aromatic heterocycles. The maximum absolute atomic E-state index is 14.6. The highest BCUT2D eigenvalue weighted by Crippen LogP contribution is 2.27. The van der Waals surface area contributed by atoms with Crippen LogP contribution in [-0.2, 0) is 27.2 Å². The zero-order valence-corrected chi connectivity index (χ0v) is 34.3. The van der Waals surface area contributed by atoms with E-state index in [4.69, 9.17) is 5.73 Å². The van der Waals surface area contributed by atoms with Gasteiger partial charge in [-0.05, 0) is 76.6 Å². The molecule has 0 radical (unpaired) electrons. The number of hydrazine groups is 1. The third-order valence-electron chi connectivity index (χ3n) is 10.6. The highest BCUT2D eigenvalue weighted by Gasteiger charge is 2.31. The van der Waals surface area contributed by atoms with Crippen molar-refractivity contribution in [1.82, 2.24) is 21.4 Å². The van der Waals surface area contributed by atoms with E-state index in [-0.39, 0.29) is 36.7 Å². The number of aliphatic hydroxyl groups excluding tert-OH is 1. The molecule has 3 amide bonds. The van der Waals surface area contributed by atoms with Crippen LogP contribution in [0.3, 0.4) is 0 Å². The van der Waals surface area contributed by atoms with E-state index in [9.17, 15) is 29.6 Å². The maximum atomic E-state index is 14.6. The van der Waals surface area contributed by atoms with Crippen molar-refractivity contribution in [2.24, 2.45) is 28.5 Å². The number of aliphatic hydroxyl groups is 1. The highest BCUT2D eigenvalue weighted by atomic mass is 16.7. The molecule has 4 atom stereocenters. The number of guanidine groups is 1. The summed E-state index contributed by atoms with van der Waals surface area (Å²) >= 11 is 0. The number of fused-ring (bicyclic) bond motifs is 2. The van der Waals surface area contributed by atoms with Crippen molar-refractivity contribution in [3.05, 3.63) is 106 Å². The standard InChI is InChI=1S/C45H61N7O6/c1-5-31(4)29-48-42(54)28-41(53)40(25-30(2)3)50-44(56)39(23-7-6-12-24-47-45(46)51-52(57)58)49-43(55)36(26-34-19-13-17-32-15-8-10-21-37(32)34)27-35-20-14-18-33-16-9-11-22-38(33)35/h8-11,13-22,30-31,36,39-41,53H,5-7,12,23-29H2,1-4H3,(H,48,54)(H,49,55)(H,50,56)(H3,46,47,51)/t31?,39?,40?,41-/m0/s1. The minimum absolute atomic E-state index is 0.0970. The van der Waals surface area contributed by atoms with Crippen LogP contribution in [-0.4, -0.2) is 65.1 Å². The van der Waals surface area contributed by atoms with E-state index >= 15 is 0 Å². The number of amides is 3. The van der Waals surface area contributed by atoms with Crippen molar-refractivity contribution >= 4 is 45.2 Å². The van der Waals surface area contributed by atoms with Gasteiger partial charge in [0.05, 0.1) is 18.6 Å². The lowest BCUT2D eigenvalue weighted by Gasteiger charge is -2.29. The predicted molar refractivity (Wildman–Crippen MR) is 230 cm³/mol. The number of aliphatic imine (C=N–C) groups is 1. The fourth-order valence-corrected chi connectivity index (χ4v) is 7.19. The van der Waals surface area contributed by atoms with Gasteiger partial charge in [-0.3, -0.25) is 14.4 Å². The van der Waals surface area contributed by atoms with Gasteiger partial charge in [0.1, 0.15) is 6.04 Å². The second-order valence-electron chi connectivity index (χ2n) is 15.8. The van der Waals surface area contributed by atoms with Gasteiger partial charge in [-0.2, -0.15) is 0 Å². The monoisotopic (exact) mass is 795 g/mol. The fourth-order valence-electron chi connectivity index (χ4n) is 7.19. The van der Waals surface area contributed by atoms with Crippen LogP contribution in [0.2, 0.25) is 0 Å². The Morgan fingerprint density at radius 3 is 1.97 bits per heavy atom. The summed E-state index contributed by atoms with van der Waals surface area (Å²) in [5.74, 6) is -1.43. The van der Waals surface area contributed by atoms with E-state index in [2.05, 4.69) is 57.3 Å². The summed E-state index contributed by atoms with van der Waals surface area (Å²) in [6.45, 7) is 8.80. The minimum Gasteiger partial charge on any atom is -0.390 e. The first-order valence-corrected chi connectivity index (χ1v) is 20.5. The van der Waals surface area contributed by atoms with Crippen LogP contribution in [0.15, 0.2) is 89.9 Å². The number of carbonyl (C=O) groups excluding carboxylic acids is 3. The number of hydrogen-bond donors (Lipinski definition) is 6. The molecular formula is C45H61N7O6. The second-order valence-corrected chi connectivity index (χ2v) is 15.8. The lowest BCUT2D eigenvalue weighted by Crippen LogP contribution is -2.54. The normalized spacial score (nSPS) is 13.9. The van der Waals surface area contributed by atoms with Gasteiger partial charge >= 0.3 is 0 Å². The zero-order valence-electron chi connectivity index (χ0n) is 34.3. The van der Waals surface area contributed by atoms with Crippen molar-refractivity contribution in [3.8, 4) is 0 Å². The molecule has 13 nitrogen and oxygen atoms in total. The molecule has 0 spiro atoms. The quantitative estimate of drug-likeness (QED) is 0.0173. The lowest BCUT2D eigenvalue weighted by atomic mass is 9.87. The van der Waals surface area contributed by atoms with Gasteiger partial charge < -0.3 is 26.8 Å². The first-order valence-electron chi connectivity index (χ1n) is 20.5. The molecule has 0 heterocycles. The number of nitrogens with one attached hydrogen (secondary N) is 4. The van der Waals surface area contributed by atoms with Crippen molar-refractivity contribution in [1.29, 1.82) is 0 Å². The van der Waals surface area contributed by atoms with Gasteiger partial charge in [0, 0.05) is 19.0 Å². The molecule has 4 aromatic carbocycles. The smallest absolute Gasteiger partial charge is 0.251 e. The molecule has 312 valence electrons. The topological polar surface area (TPSA) is 201 Å². The first kappa shape index (κ1) is 45.1. The maximum Gasteiger partial charge on any atom is 0.251 e. The molecule has 0 bridgehead atoms. The van der Waals surface area contributed by atoms with Gasteiger partial charge in [-0.15, -0.1) is 0 Å². The Morgan fingerprint density at radius 2 is 1.40 bits per heavy atom. The number of hydrogen-bond acceptors (Lipinski definition) is 7. The van der Waals surface area contributed by atoms with Crippen LogP contribution in [0, 0.1) is 27.9 Å². The van der Waals surface area contributed by atoms with E-state index in [1.165, 1.54) is 0 Å². The number of nitrogens with zero attached hydrogens (tertiary/aromatic N) is 2. The molecule has 0 aliphatic carbocycles. The van der Waals surface area contributed by atoms with Crippen molar-refractivity contribution in [2.75, 3.05) is 13.1 Å². The Kier molecular flexibility index (Phi) is 17.9. The van der Waals surface area contributed by atoms with Crippen LogP contribution < -0.4 is 27.1 Å². The molecular weight excluding hydrogens is 735 g/mol. The van der Waals surface area contributed by atoms with E-state index < -0.39 is 35.0 Å². The van der Waals surface area contributed by atoms with Gasteiger partial charge in [0.15, 0.2) is 5.03 Å². The molecule has 0 fully saturated rings. The summed E-state index contributed by atoms with van der Waals surface area (Å²) in [7, 11) is 0. The molecule has 3 unspecified atom stereocenters. The first-order chi connectivity index (χ1) is 27.8.